The van der Waals surface area contributed by atoms with E-state index in [4.69, 9.17) is 4.74 Å². The van der Waals surface area contributed by atoms with Crippen LogP contribution in [-0.2, 0) is 14.3 Å². The minimum Gasteiger partial charge on any atom is -0.502 e. The minimum absolute atomic E-state index is 0.211. The van der Waals surface area contributed by atoms with Crippen molar-refractivity contribution in [2.24, 2.45) is 0 Å². The number of para-hydroxylation sites is 2. The number of carboxylic acid groups (broad SMARTS) is 1. The van der Waals surface area contributed by atoms with Crippen LogP contribution in [0.25, 0.3) is 20.4 Å². The van der Waals surface area contributed by atoms with Gasteiger partial charge in [0.1, 0.15) is 15.3 Å². The zero-order valence-electron chi connectivity index (χ0n) is 16.0. The Labute approximate surface area is 200 Å². The Morgan fingerprint density at radius 3 is 2.06 bits per heavy atom. The summed E-state index contributed by atoms with van der Waals surface area (Å²) < 4.78 is 7.01. The number of aliphatic carboxylic acids is 1. The molecule has 0 saturated carbocycles. The van der Waals surface area contributed by atoms with Gasteiger partial charge in [0.2, 0.25) is 5.76 Å². The highest BCUT2D eigenvalue weighted by Crippen LogP contribution is 2.53. The molecule has 0 aliphatic carbocycles. The maximum Gasteiger partial charge on any atom is 0.375 e. The van der Waals surface area contributed by atoms with Crippen molar-refractivity contribution < 1.29 is 24.5 Å². The van der Waals surface area contributed by atoms with Gasteiger partial charge in [0.05, 0.1) is 31.3 Å². The fraction of sp³-hybridized carbons (Fsp3) is 0.143. The maximum absolute atomic E-state index is 12.6. The van der Waals surface area contributed by atoms with Crippen LogP contribution in [-0.4, -0.2) is 37.7 Å². The summed E-state index contributed by atoms with van der Waals surface area (Å²) in [7, 11) is 0. The van der Waals surface area contributed by atoms with Gasteiger partial charge in [0.25, 0.3) is 5.60 Å². The van der Waals surface area contributed by atoms with Gasteiger partial charge in [-0.25, -0.2) is 19.6 Å². The molecule has 0 amide bonds. The van der Waals surface area contributed by atoms with Gasteiger partial charge in [-0.2, -0.15) is 25.3 Å². The highest BCUT2D eigenvalue weighted by molar-refractivity contribution is 7.81. The molecule has 11 heteroatoms. The zero-order valence-corrected chi connectivity index (χ0v) is 19.4. The lowest BCUT2D eigenvalue weighted by molar-refractivity contribution is -0.168. The van der Waals surface area contributed by atoms with Crippen LogP contribution in [0.15, 0.2) is 59.9 Å². The lowest BCUT2D eigenvalue weighted by Gasteiger charge is -2.31. The molecule has 0 bridgehead atoms. The molecule has 0 spiro atoms. The molecule has 1 aliphatic rings. The molecule has 2 N–H and O–H groups in total. The Kier molecular flexibility index (Phi) is 5.16. The van der Waals surface area contributed by atoms with E-state index in [0.29, 0.717) is 21.0 Å². The number of fused-ring (bicyclic) bond motifs is 2. The lowest BCUT2D eigenvalue weighted by atomic mass is 9.87. The number of benzene rings is 2. The van der Waals surface area contributed by atoms with E-state index in [1.807, 2.05) is 42.5 Å². The first-order valence-electron chi connectivity index (χ1n) is 9.30. The van der Waals surface area contributed by atoms with Gasteiger partial charge < -0.3 is 14.9 Å². The average molecular weight is 503 g/mol. The molecule has 32 heavy (non-hydrogen) atoms. The number of hydrogen-bond acceptors (Lipinski definition) is 10. The van der Waals surface area contributed by atoms with Crippen LogP contribution < -0.4 is 0 Å². The van der Waals surface area contributed by atoms with E-state index >= 15 is 0 Å². The van der Waals surface area contributed by atoms with Crippen LogP contribution in [0.1, 0.15) is 20.5 Å². The van der Waals surface area contributed by atoms with Crippen molar-refractivity contribution in [3.8, 4) is 0 Å². The molecule has 0 saturated heterocycles. The third-order valence-corrected chi connectivity index (χ3v) is 8.83. The summed E-state index contributed by atoms with van der Waals surface area (Å²) in [5, 5.41) is 19.4. The van der Waals surface area contributed by atoms with Crippen molar-refractivity contribution in [1.82, 2.24) is 9.97 Å². The first-order chi connectivity index (χ1) is 15.3. The molecule has 2 aromatic carbocycles. The number of aromatic nitrogens is 2. The molecule has 3 atom stereocenters. The van der Waals surface area contributed by atoms with Crippen LogP contribution in [0, 0.1) is 0 Å². The van der Waals surface area contributed by atoms with Gasteiger partial charge in [-0.15, -0.1) is 22.7 Å². The molecule has 0 radical (unpaired) electrons. The third-order valence-electron chi connectivity index (χ3n) is 5.17. The van der Waals surface area contributed by atoms with Crippen molar-refractivity contribution in [3.63, 3.8) is 0 Å². The van der Waals surface area contributed by atoms with E-state index in [1.54, 1.807) is 6.07 Å². The minimum atomic E-state index is -2.30. The van der Waals surface area contributed by atoms with E-state index in [0.717, 1.165) is 9.40 Å². The van der Waals surface area contributed by atoms with Gasteiger partial charge in [-0.1, -0.05) is 24.3 Å². The van der Waals surface area contributed by atoms with Crippen molar-refractivity contribution >= 4 is 80.3 Å². The normalized spacial score (nSPS) is 20.6. The zero-order chi connectivity index (χ0) is 22.6. The first kappa shape index (κ1) is 21.3. The van der Waals surface area contributed by atoms with Gasteiger partial charge >= 0.3 is 11.9 Å². The van der Waals surface area contributed by atoms with Gasteiger partial charge in [0, 0.05) is 0 Å². The van der Waals surface area contributed by atoms with Crippen molar-refractivity contribution in [2.45, 2.75) is 16.1 Å². The predicted molar refractivity (Wildman–Crippen MR) is 129 cm³/mol. The summed E-state index contributed by atoms with van der Waals surface area (Å²) in [4.78, 5) is 34.0. The SMILES string of the molecule is O=C1OC(C(=O)O)(C(S)c2nc3ccccc3s2)C(C(S)c2nc3ccccc3s2)=C1O. The van der Waals surface area contributed by atoms with E-state index in [2.05, 4.69) is 35.2 Å². The molecule has 2 aromatic heterocycles. The topological polar surface area (TPSA) is 110 Å². The fourth-order valence-electron chi connectivity index (χ4n) is 3.66. The number of carbonyl (C=O) groups excluding carboxylic acids is 1. The monoisotopic (exact) mass is 502 g/mol. The molecular formula is C21H14N2O5S4. The molecule has 0 fully saturated rings. The Morgan fingerprint density at radius 2 is 1.50 bits per heavy atom. The smallest absolute Gasteiger partial charge is 0.375 e. The van der Waals surface area contributed by atoms with Gasteiger partial charge in [-0.05, 0) is 24.3 Å². The number of cyclic esters (lactones) is 1. The summed E-state index contributed by atoms with van der Waals surface area (Å²) in [6, 6.07) is 14.7. The maximum atomic E-state index is 12.6. The number of aliphatic hydroxyl groups excluding tert-OH is 1. The number of aliphatic hydroxyl groups is 1. The second-order valence-corrected chi connectivity index (χ2v) is 10.2. The Hall–Kier alpha value is -2.60. The van der Waals surface area contributed by atoms with Gasteiger partial charge in [0.15, 0.2) is 0 Å². The largest absolute Gasteiger partial charge is 0.502 e. The molecule has 3 heterocycles. The Balaban J connectivity index is 1.66. The first-order valence-corrected chi connectivity index (χ1v) is 12.0. The van der Waals surface area contributed by atoms with Crippen LogP contribution >= 0.6 is 47.9 Å². The molecule has 7 nitrogen and oxygen atoms in total. The number of rotatable bonds is 5. The van der Waals surface area contributed by atoms with Crippen molar-refractivity contribution in [3.05, 3.63) is 69.9 Å². The van der Waals surface area contributed by atoms with E-state index in [9.17, 15) is 19.8 Å². The van der Waals surface area contributed by atoms with Crippen molar-refractivity contribution in [2.75, 3.05) is 0 Å². The van der Waals surface area contributed by atoms with Crippen LogP contribution in [0.2, 0.25) is 0 Å². The van der Waals surface area contributed by atoms with Crippen LogP contribution in [0.3, 0.4) is 0 Å². The summed E-state index contributed by atoms with van der Waals surface area (Å²) in [6.45, 7) is 0. The summed E-state index contributed by atoms with van der Waals surface area (Å²) in [5.41, 5.74) is -1.15. The van der Waals surface area contributed by atoms with E-state index < -0.39 is 33.8 Å². The Bertz CT molecular complexity index is 1360. The lowest BCUT2D eigenvalue weighted by Crippen LogP contribution is -2.46. The fourth-order valence-corrected chi connectivity index (χ4v) is 6.68. The van der Waals surface area contributed by atoms with Crippen LogP contribution in [0.4, 0.5) is 0 Å². The Morgan fingerprint density at radius 1 is 0.969 bits per heavy atom. The summed E-state index contributed by atoms with van der Waals surface area (Å²) >= 11 is 11.6. The number of hydrogen-bond donors (Lipinski definition) is 4. The number of thiazole rings is 2. The number of carboxylic acids is 1. The summed E-state index contributed by atoms with van der Waals surface area (Å²) in [6.07, 6.45) is 0. The highest BCUT2D eigenvalue weighted by atomic mass is 32.1. The molecule has 4 aromatic rings. The number of ether oxygens (including phenoxy) is 1. The average Bonchev–Trinajstić information content (AvgIpc) is 3.47. The second-order valence-electron chi connectivity index (χ2n) is 7.04. The number of carbonyl (C=O) groups is 2. The molecule has 1 aliphatic heterocycles. The van der Waals surface area contributed by atoms with Crippen LogP contribution in [0.5, 0.6) is 0 Å². The standard InChI is InChI=1S/C21H14N2O5S4/c24-14-13(15(29)17-22-9-5-1-3-7-11(9)31-17)21(20(26)27,28-19(14)25)16(30)18-23-10-6-2-4-8-12(10)32-18/h1-8,15-16,24,29-30H,(H,26,27). The van der Waals surface area contributed by atoms with E-state index in [1.165, 1.54) is 22.7 Å². The van der Waals surface area contributed by atoms with Crippen molar-refractivity contribution in [1.29, 1.82) is 0 Å². The molecule has 3 unspecified atom stereocenters. The van der Waals surface area contributed by atoms with Gasteiger partial charge in [-0.3, -0.25) is 0 Å². The van der Waals surface area contributed by atoms with E-state index in [-0.39, 0.29) is 5.57 Å². The highest BCUT2D eigenvalue weighted by Gasteiger charge is 2.61. The molecule has 162 valence electrons. The molecule has 5 rings (SSSR count). The third kappa shape index (κ3) is 3.11. The predicted octanol–water partition coefficient (Wildman–Crippen LogP) is 4.74. The summed E-state index contributed by atoms with van der Waals surface area (Å²) in [5.74, 6) is -3.43. The number of esters is 1. The second kappa shape index (κ2) is 7.77. The number of thiol groups is 2. The quantitative estimate of drug-likeness (QED) is 0.230. The number of nitrogens with zero attached hydrogens (tertiary/aromatic N) is 2. The molecular weight excluding hydrogens is 489 g/mol.